The van der Waals surface area contributed by atoms with Gasteiger partial charge in [-0.25, -0.2) is 15.0 Å². The first kappa shape index (κ1) is 14.7. The number of rotatable bonds is 6. The van der Waals surface area contributed by atoms with Crippen LogP contribution in [0.1, 0.15) is 36.2 Å². The summed E-state index contributed by atoms with van der Waals surface area (Å²) >= 11 is 1.68. The van der Waals surface area contributed by atoms with Gasteiger partial charge in [-0.15, -0.1) is 11.3 Å². The summed E-state index contributed by atoms with van der Waals surface area (Å²) in [6.07, 6.45) is 2.75. The molecule has 0 fully saturated rings. The monoisotopic (exact) mass is 291 g/mol. The van der Waals surface area contributed by atoms with Crippen LogP contribution in [0.3, 0.4) is 0 Å². The Bertz CT molecular complexity index is 551. The van der Waals surface area contributed by atoms with Gasteiger partial charge in [0.15, 0.2) is 0 Å². The van der Waals surface area contributed by atoms with Crippen molar-refractivity contribution in [3.8, 4) is 0 Å². The third kappa shape index (κ3) is 3.45. The smallest absolute Gasteiger partial charge is 0.135 e. The predicted molar refractivity (Wildman–Crippen MR) is 84.7 cm³/mol. The quantitative estimate of drug-likeness (QED) is 0.856. The van der Waals surface area contributed by atoms with Crippen LogP contribution >= 0.6 is 11.3 Å². The lowest BCUT2D eigenvalue weighted by Gasteiger charge is -2.14. The standard InChI is InChI=1S/C14H21N5S/c1-9(2)12-18-13(15-4)10(3)14(19-12)17-6-5-11-16-7-8-20-11/h7-9H,5-6H2,1-4H3,(H2,15,17,18,19). The minimum Gasteiger partial charge on any atom is -0.373 e. The molecule has 2 rings (SSSR count). The average molecular weight is 291 g/mol. The first-order valence-electron chi connectivity index (χ1n) is 6.80. The molecule has 0 atom stereocenters. The van der Waals surface area contributed by atoms with E-state index < -0.39 is 0 Å². The maximum atomic E-state index is 4.62. The van der Waals surface area contributed by atoms with Gasteiger partial charge >= 0.3 is 0 Å². The van der Waals surface area contributed by atoms with Crippen molar-refractivity contribution in [2.45, 2.75) is 33.1 Å². The van der Waals surface area contributed by atoms with Crippen LogP contribution in [-0.2, 0) is 6.42 Å². The third-order valence-corrected chi connectivity index (χ3v) is 3.87. The van der Waals surface area contributed by atoms with Crippen molar-refractivity contribution in [1.82, 2.24) is 15.0 Å². The minimum atomic E-state index is 0.308. The summed E-state index contributed by atoms with van der Waals surface area (Å²) in [7, 11) is 1.89. The summed E-state index contributed by atoms with van der Waals surface area (Å²) < 4.78 is 0. The molecule has 0 aliphatic heterocycles. The lowest BCUT2D eigenvalue weighted by atomic mass is 10.2. The second kappa shape index (κ2) is 6.65. The van der Waals surface area contributed by atoms with E-state index >= 15 is 0 Å². The molecule has 0 radical (unpaired) electrons. The van der Waals surface area contributed by atoms with Crippen molar-refractivity contribution in [2.24, 2.45) is 0 Å². The first-order chi connectivity index (χ1) is 9.61. The Hall–Kier alpha value is -1.69. The highest BCUT2D eigenvalue weighted by Gasteiger charge is 2.12. The van der Waals surface area contributed by atoms with Crippen LogP contribution in [-0.4, -0.2) is 28.5 Å². The summed E-state index contributed by atoms with van der Waals surface area (Å²) in [5.74, 6) is 2.96. The van der Waals surface area contributed by atoms with E-state index in [2.05, 4.69) is 39.4 Å². The average Bonchev–Trinajstić information content (AvgIpc) is 2.93. The van der Waals surface area contributed by atoms with E-state index in [1.165, 1.54) is 0 Å². The molecule has 20 heavy (non-hydrogen) atoms. The van der Waals surface area contributed by atoms with Gasteiger partial charge in [-0.1, -0.05) is 13.8 Å². The van der Waals surface area contributed by atoms with E-state index in [0.717, 1.165) is 41.0 Å². The molecule has 2 aromatic heterocycles. The zero-order valence-corrected chi connectivity index (χ0v) is 13.2. The molecule has 108 valence electrons. The van der Waals surface area contributed by atoms with Crippen molar-refractivity contribution in [3.63, 3.8) is 0 Å². The van der Waals surface area contributed by atoms with Crippen LogP contribution in [0.15, 0.2) is 11.6 Å². The molecule has 2 N–H and O–H groups in total. The van der Waals surface area contributed by atoms with E-state index in [1.807, 2.05) is 25.5 Å². The Kier molecular flexibility index (Phi) is 4.89. The molecule has 0 aliphatic rings. The summed E-state index contributed by atoms with van der Waals surface area (Å²) in [5, 5.41) is 9.67. The van der Waals surface area contributed by atoms with Gasteiger partial charge in [-0.2, -0.15) is 0 Å². The number of hydrogen-bond donors (Lipinski definition) is 2. The van der Waals surface area contributed by atoms with Gasteiger partial charge in [0, 0.05) is 43.1 Å². The normalized spacial score (nSPS) is 10.8. The van der Waals surface area contributed by atoms with Crippen molar-refractivity contribution in [1.29, 1.82) is 0 Å². The fraction of sp³-hybridized carbons (Fsp3) is 0.500. The van der Waals surface area contributed by atoms with Crippen LogP contribution in [0.5, 0.6) is 0 Å². The van der Waals surface area contributed by atoms with Gasteiger partial charge in [0.25, 0.3) is 0 Å². The maximum absolute atomic E-state index is 4.62. The lowest BCUT2D eigenvalue weighted by molar-refractivity contribution is 0.773. The highest BCUT2D eigenvalue weighted by atomic mass is 32.1. The summed E-state index contributed by atoms with van der Waals surface area (Å²) in [6, 6.07) is 0. The molecule has 0 aromatic carbocycles. The van der Waals surface area contributed by atoms with Crippen molar-refractivity contribution < 1.29 is 0 Å². The molecule has 0 bridgehead atoms. The highest BCUT2D eigenvalue weighted by molar-refractivity contribution is 7.09. The lowest BCUT2D eigenvalue weighted by Crippen LogP contribution is -2.12. The number of aromatic nitrogens is 3. The van der Waals surface area contributed by atoms with E-state index in [4.69, 9.17) is 0 Å². The fourth-order valence-electron chi connectivity index (χ4n) is 1.87. The molecule has 5 nitrogen and oxygen atoms in total. The van der Waals surface area contributed by atoms with Crippen LogP contribution in [0.2, 0.25) is 0 Å². The number of nitrogens with one attached hydrogen (secondary N) is 2. The third-order valence-electron chi connectivity index (χ3n) is 3.03. The molecule has 0 spiro atoms. The van der Waals surface area contributed by atoms with Crippen LogP contribution in [0, 0.1) is 6.92 Å². The van der Waals surface area contributed by atoms with Gasteiger partial charge in [0.2, 0.25) is 0 Å². The number of thiazole rings is 1. The Morgan fingerprint density at radius 2 is 2.00 bits per heavy atom. The molecule has 0 aliphatic carbocycles. The molecule has 0 amide bonds. The molecule has 0 saturated heterocycles. The Balaban J connectivity index is 2.11. The van der Waals surface area contributed by atoms with E-state index in [0.29, 0.717) is 5.92 Å². The SMILES string of the molecule is CNc1nc(C(C)C)nc(NCCc2nccs2)c1C. The van der Waals surface area contributed by atoms with E-state index in [1.54, 1.807) is 11.3 Å². The number of hydrogen-bond acceptors (Lipinski definition) is 6. The predicted octanol–water partition coefficient (Wildman–Crippen LogP) is 3.06. The summed E-state index contributed by atoms with van der Waals surface area (Å²) in [6.45, 7) is 7.06. The Morgan fingerprint density at radius 3 is 2.60 bits per heavy atom. The second-order valence-electron chi connectivity index (χ2n) is 4.91. The second-order valence-corrected chi connectivity index (χ2v) is 5.89. The van der Waals surface area contributed by atoms with Gasteiger partial charge in [0.05, 0.1) is 5.01 Å². The topological polar surface area (TPSA) is 62.7 Å². The highest BCUT2D eigenvalue weighted by Crippen LogP contribution is 2.22. The van der Waals surface area contributed by atoms with E-state index in [-0.39, 0.29) is 0 Å². The van der Waals surface area contributed by atoms with Crippen molar-refractivity contribution in [3.05, 3.63) is 28.0 Å². The molecule has 2 aromatic rings. The van der Waals surface area contributed by atoms with Gasteiger partial charge in [-0.05, 0) is 6.92 Å². The summed E-state index contributed by atoms with van der Waals surface area (Å²) in [4.78, 5) is 13.4. The zero-order chi connectivity index (χ0) is 14.5. The van der Waals surface area contributed by atoms with Crippen LogP contribution in [0.4, 0.5) is 11.6 Å². The Morgan fingerprint density at radius 1 is 1.25 bits per heavy atom. The molecular formula is C14H21N5S. The Labute approximate surface area is 123 Å². The van der Waals surface area contributed by atoms with Crippen LogP contribution < -0.4 is 10.6 Å². The van der Waals surface area contributed by atoms with Crippen molar-refractivity contribution in [2.75, 3.05) is 24.2 Å². The summed E-state index contributed by atoms with van der Waals surface area (Å²) in [5.41, 5.74) is 1.05. The van der Waals surface area contributed by atoms with Gasteiger partial charge in [0.1, 0.15) is 17.5 Å². The first-order valence-corrected chi connectivity index (χ1v) is 7.68. The van der Waals surface area contributed by atoms with Crippen LogP contribution in [0.25, 0.3) is 0 Å². The number of nitrogens with zero attached hydrogens (tertiary/aromatic N) is 3. The van der Waals surface area contributed by atoms with Gasteiger partial charge in [-0.3, -0.25) is 0 Å². The minimum absolute atomic E-state index is 0.308. The zero-order valence-electron chi connectivity index (χ0n) is 12.4. The maximum Gasteiger partial charge on any atom is 0.135 e. The van der Waals surface area contributed by atoms with E-state index in [9.17, 15) is 0 Å². The molecule has 6 heteroatoms. The number of anilines is 2. The largest absolute Gasteiger partial charge is 0.373 e. The molecule has 2 heterocycles. The van der Waals surface area contributed by atoms with Crippen molar-refractivity contribution >= 4 is 23.0 Å². The molecular weight excluding hydrogens is 270 g/mol. The van der Waals surface area contributed by atoms with Gasteiger partial charge < -0.3 is 10.6 Å². The molecule has 0 saturated carbocycles. The fourth-order valence-corrected chi connectivity index (χ4v) is 2.49. The molecule has 0 unspecified atom stereocenters.